The maximum atomic E-state index is 12.5. The van der Waals surface area contributed by atoms with Gasteiger partial charge in [0.05, 0.1) is 13.2 Å². The number of nitrogens with zero attached hydrogens (tertiary/aromatic N) is 3. The van der Waals surface area contributed by atoms with Crippen LogP contribution in [0, 0.1) is 0 Å². The average Bonchev–Trinajstić information content (AvgIpc) is 2.72. The van der Waals surface area contributed by atoms with Gasteiger partial charge in [-0.1, -0.05) is 18.2 Å². The van der Waals surface area contributed by atoms with E-state index in [1.165, 1.54) is 4.90 Å². The second-order valence-electron chi connectivity index (χ2n) is 5.84. The standard InChI is InChI=1S/C19H21N3O4/c1-21(15-6-3-2-4-7-15)17(23)14-26-19(24)16-8-5-9-20-18(16)22-10-12-25-13-11-22/h2-9H,10-14H2,1H3. The van der Waals surface area contributed by atoms with Gasteiger partial charge >= 0.3 is 5.97 Å². The Balaban J connectivity index is 1.64. The van der Waals surface area contributed by atoms with Crippen molar-refractivity contribution in [3.63, 3.8) is 0 Å². The molecule has 0 spiro atoms. The number of pyridine rings is 1. The van der Waals surface area contributed by atoms with E-state index in [2.05, 4.69) is 4.98 Å². The van der Waals surface area contributed by atoms with Crippen LogP contribution in [0.1, 0.15) is 10.4 Å². The van der Waals surface area contributed by atoms with Gasteiger partial charge in [0.15, 0.2) is 6.61 Å². The minimum Gasteiger partial charge on any atom is -0.452 e. The number of benzene rings is 1. The third kappa shape index (κ3) is 4.18. The lowest BCUT2D eigenvalue weighted by Crippen LogP contribution is -2.38. The number of carbonyl (C=O) groups is 2. The van der Waals surface area contributed by atoms with E-state index in [-0.39, 0.29) is 12.5 Å². The van der Waals surface area contributed by atoms with Crippen LogP contribution in [-0.2, 0) is 14.3 Å². The van der Waals surface area contributed by atoms with Crippen molar-refractivity contribution in [1.29, 1.82) is 0 Å². The Morgan fingerprint density at radius 1 is 1.15 bits per heavy atom. The molecule has 3 rings (SSSR count). The highest BCUT2D eigenvalue weighted by Crippen LogP contribution is 2.19. The summed E-state index contributed by atoms with van der Waals surface area (Å²) in [5.41, 5.74) is 1.09. The van der Waals surface area contributed by atoms with Crippen molar-refractivity contribution in [3.05, 3.63) is 54.2 Å². The van der Waals surface area contributed by atoms with Crippen LogP contribution in [0.4, 0.5) is 11.5 Å². The highest BCUT2D eigenvalue weighted by Gasteiger charge is 2.22. The zero-order valence-electron chi connectivity index (χ0n) is 14.6. The molecule has 1 aliphatic heterocycles. The van der Waals surface area contributed by atoms with E-state index < -0.39 is 5.97 Å². The summed E-state index contributed by atoms with van der Waals surface area (Å²) in [5, 5.41) is 0. The largest absolute Gasteiger partial charge is 0.452 e. The average molecular weight is 355 g/mol. The number of anilines is 2. The van der Waals surface area contributed by atoms with Crippen LogP contribution in [-0.4, -0.2) is 56.8 Å². The molecule has 0 unspecified atom stereocenters. The predicted molar refractivity (Wildman–Crippen MR) is 97.4 cm³/mol. The third-order valence-electron chi connectivity index (χ3n) is 4.16. The number of esters is 1. The normalized spacial score (nSPS) is 14.0. The molecule has 136 valence electrons. The summed E-state index contributed by atoms with van der Waals surface area (Å²) in [5.74, 6) is -0.305. The zero-order chi connectivity index (χ0) is 18.4. The van der Waals surface area contributed by atoms with Crippen LogP contribution in [0.2, 0.25) is 0 Å². The number of aromatic nitrogens is 1. The van der Waals surface area contributed by atoms with Crippen molar-refractivity contribution in [2.45, 2.75) is 0 Å². The Morgan fingerprint density at radius 2 is 1.88 bits per heavy atom. The molecule has 1 aromatic heterocycles. The van der Waals surface area contributed by atoms with Crippen LogP contribution in [0.15, 0.2) is 48.7 Å². The summed E-state index contributed by atoms with van der Waals surface area (Å²) in [6.45, 7) is 2.17. The van der Waals surface area contributed by atoms with Gasteiger partial charge in [0.1, 0.15) is 11.4 Å². The molecule has 1 saturated heterocycles. The first-order valence-corrected chi connectivity index (χ1v) is 8.43. The summed E-state index contributed by atoms with van der Waals surface area (Å²) in [6.07, 6.45) is 1.63. The molecule has 0 bridgehead atoms. The fourth-order valence-corrected chi connectivity index (χ4v) is 2.68. The fourth-order valence-electron chi connectivity index (χ4n) is 2.68. The van der Waals surface area contributed by atoms with E-state index in [1.54, 1.807) is 25.4 Å². The molecular formula is C19H21N3O4. The van der Waals surface area contributed by atoms with Gasteiger partial charge < -0.3 is 19.3 Å². The van der Waals surface area contributed by atoms with Gasteiger partial charge in [-0.15, -0.1) is 0 Å². The van der Waals surface area contributed by atoms with Crippen LogP contribution < -0.4 is 9.80 Å². The topological polar surface area (TPSA) is 72.0 Å². The Bertz CT molecular complexity index is 760. The predicted octanol–water partition coefficient (Wildman–Crippen LogP) is 1.74. The van der Waals surface area contributed by atoms with Crippen molar-refractivity contribution in [2.75, 3.05) is 49.8 Å². The Labute approximate surface area is 152 Å². The first-order valence-electron chi connectivity index (χ1n) is 8.43. The third-order valence-corrected chi connectivity index (χ3v) is 4.16. The first kappa shape index (κ1) is 17.9. The minimum atomic E-state index is -0.561. The summed E-state index contributed by atoms with van der Waals surface area (Å²) in [6, 6.07) is 12.5. The molecule has 26 heavy (non-hydrogen) atoms. The highest BCUT2D eigenvalue weighted by molar-refractivity contribution is 5.98. The van der Waals surface area contributed by atoms with Crippen LogP contribution in [0.5, 0.6) is 0 Å². The molecule has 0 N–H and O–H groups in total. The molecule has 1 amide bonds. The molecule has 1 fully saturated rings. The van der Waals surface area contributed by atoms with Crippen molar-refractivity contribution in [1.82, 2.24) is 4.98 Å². The molecule has 2 heterocycles. The molecule has 1 aromatic carbocycles. The maximum Gasteiger partial charge on any atom is 0.342 e. The van der Waals surface area contributed by atoms with Gasteiger partial charge in [0.2, 0.25) is 0 Å². The molecule has 7 heteroatoms. The lowest BCUT2D eigenvalue weighted by atomic mass is 10.2. The van der Waals surface area contributed by atoms with Gasteiger partial charge in [0, 0.05) is 32.0 Å². The molecule has 2 aromatic rings. The van der Waals surface area contributed by atoms with E-state index >= 15 is 0 Å². The van der Waals surface area contributed by atoms with Crippen LogP contribution >= 0.6 is 0 Å². The van der Waals surface area contributed by atoms with Crippen molar-refractivity contribution in [2.24, 2.45) is 0 Å². The van der Waals surface area contributed by atoms with Crippen molar-refractivity contribution < 1.29 is 19.1 Å². The number of hydrogen-bond acceptors (Lipinski definition) is 6. The summed E-state index contributed by atoms with van der Waals surface area (Å²) < 4.78 is 10.6. The smallest absolute Gasteiger partial charge is 0.342 e. The second kappa shape index (κ2) is 8.44. The van der Waals surface area contributed by atoms with E-state index in [9.17, 15) is 9.59 Å². The second-order valence-corrected chi connectivity index (χ2v) is 5.84. The number of morpholine rings is 1. The molecule has 0 saturated carbocycles. The fraction of sp³-hybridized carbons (Fsp3) is 0.316. The SMILES string of the molecule is CN(C(=O)COC(=O)c1cccnc1N1CCOCC1)c1ccccc1. The number of hydrogen-bond donors (Lipinski definition) is 0. The van der Waals surface area contributed by atoms with Crippen LogP contribution in [0.3, 0.4) is 0 Å². The number of amides is 1. The Kier molecular flexibility index (Phi) is 5.80. The summed E-state index contributed by atoms with van der Waals surface area (Å²) in [7, 11) is 1.65. The quantitative estimate of drug-likeness (QED) is 0.761. The Morgan fingerprint density at radius 3 is 2.62 bits per heavy atom. The summed E-state index contributed by atoms with van der Waals surface area (Å²) >= 11 is 0. The van der Waals surface area contributed by atoms with E-state index in [4.69, 9.17) is 9.47 Å². The van der Waals surface area contributed by atoms with Gasteiger partial charge in [-0.2, -0.15) is 0 Å². The molecule has 0 aliphatic carbocycles. The highest BCUT2D eigenvalue weighted by atomic mass is 16.5. The number of ether oxygens (including phenoxy) is 2. The van der Waals surface area contributed by atoms with Gasteiger partial charge in [-0.25, -0.2) is 9.78 Å². The van der Waals surface area contributed by atoms with Gasteiger partial charge in [-0.05, 0) is 24.3 Å². The molecule has 7 nitrogen and oxygen atoms in total. The lowest BCUT2D eigenvalue weighted by molar-refractivity contribution is -0.121. The lowest BCUT2D eigenvalue weighted by Gasteiger charge is -2.28. The van der Waals surface area contributed by atoms with E-state index in [1.807, 2.05) is 35.2 Å². The first-order chi connectivity index (χ1) is 12.7. The Hall–Kier alpha value is -2.93. The van der Waals surface area contributed by atoms with Gasteiger partial charge in [-0.3, -0.25) is 4.79 Å². The van der Waals surface area contributed by atoms with Crippen LogP contribution in [0.25, 0.3) is 0 Å². The summed E-state index contributed by atoms with van der Waals surface area (Å²) in [4.78, 5) is 32.5. The monoisotopic (exact) mass is 355 g/mol. The van der Waals surface area contributed by atoms with E-state index in [0.29, 0.717) is 37.7 Å². The number of carbonyl (C=O) groups excluding carboxylic acids is 2. The molecule has 1 aliphatic rings. The van der Waals surface area contributed by atoms with Crippen molar-refractivity contribution in [3.8, 4) is 0 Å². The molecular weight excluding hydrogens is 334 g/mol. The minimum absolute atomic E-state index is 0.304. The molecule has 0 atom stereocenters. The maximum absolute atomic E-state index is 12.5. The molecule has 0 radical (unpaired) electrons. The zero-order valence-corrected chi connectivity index (χ0v) is 14.6. The van der Waals surface area contributed by atoms with Gasteiger partial charge in [0.25, 0.3) is 5.91 Å². The number of likely N-dealkylation sites (N-methyl/N-ethyl adjacent to an activating group) is 1. The number of rotatable bonds is 5. The van der Waals surface area contributed by atoms with E-state index in [0.717, 1.165) is 5.69 Å². The van der Waals surface area contributed by atoms with Crippen molar-refractivity contribution >= 4 is 23.4 Å². The number of para-hydroxylation sites is 1.